The molecule has 24 heavy (non-hydrogen) atoms. The Morgan fingerprint density at radius 2 is 1.92 bits per heavy atom. The summed E-state index contributed by atoms with van der Waals surface area (Å²) in [5.74, 6) is 0.707. The quantitative estimate of drug-likeness (QED) is 0.685. The second-order valence-electron chi connectivity index (χ2n) is 5.63. The van der Waals surface area contributed by atoms with E-state index in [0.29, 0.717) is 18.1 Å². The number of aryl methyl sites for hydroxylation is 1. The van der Waals surface area contributed by atoms with Crippen LogP contribution in [0.2, 0.25) is 0 Å². The van der Waals surface area contributed by atoms with Gasteiger partial charge in [0.25, 0.3) is 5.56 Å². The molecule has 0 radical (unpaired) electrons. The molecular weight excluding hydrogens is 326 g/mol. The van der Waals surface area contributed by atoms with E-state index < -0.39 is 11.3 Å². The van der Waals surface area contributed by atoms with Gasteiger partial charge in [-0.15, -0.1) is 0 Å². The van der Waals surface area contributed by atoms with Crippen LogP contribution in [0.4, 0.5) is 11.4 Å². The van der Waals surface area contributed by atoms with E-state index >= 15 is 0 Å². The lowest BCUT2D eigenvalue weighted by Crippen LogP contribution is -2.31. The van der Waals surface area contributed by atoms with E-state index in [0.717, 1.165) is 27.9 Å². The number of benzene rings is 2. The molecule has 2 aromatic carbocycles. The normalized spacial score (nSPS) is 14.5. The number of rotatable bonds is 3. The lowest BCUT2D eigenvalue weighted by Gasteiger charge is -2.27. The third-order valence-electron chi connectivity index (χ3n) is 4.25. The van der Waals surface area contributed by atoms with Crippen LogP contribution in [0, 0.1) is 0 Å². The Hall–Kier alpha value is -2.51. The third kappa shape index (κ3) is 2.33. The zero-order valence-electron chi connectivity index (χ0n) is 12.7. The van der Waals surface area contributed by atoms with Crippen LogP contribution >= 0.6 is 0 Å². The van der Waals surface area contributed by atoms with Crippen molar-refractivity contribution < 1.29 is 8.76 Å². The SMILES string of the molecule is O=c1c(N(c2cccc3ccccc23)S(=O)[O-])cnc2n1CCC2. The van der Waals surface area contributed by atoms with Crippen LogP contribution < -0.4 is 9.86 Å². The molecule has 1 aromatic heterocycles. The summed E-state index contributed by atoms with van der Waals surface area (Å²) in [7, 11) is 0. The maximum atomic E-state index is 12.7. The Labute approximate surface area is 140 Å². The molecule has 0 fully saturated rings. The summed E-state index contributed by atoms with van der Waals surface area (Å²) in [5, 5.41) is 1.66. The van der Waals surface area contributed by atoms with Crippen molar-refractivity contribution in [2.75, 3.05) is 4.31 Å². The van der Waals surface area contributed by atoms with Gasteiger partial charge in [-0.1, -0.05) is 36.4 Å². The lowest BCUT2D eigenvalue weighted by atomic mass is 10.1. The van der Waals surface area contributed by atoms with Gasteiger partial charge in [-0.05, 0) is 17.9 Å². The largest absolute Gasteiger partial charge is 0.755 e. The van der Waals surface area contributed by atoms with Crippen molar-refractivity contribution in [1.29, 1.82) is 0 Å². The van der Waals surface area contributed by atoms with Crippen LogP contribution in [0.15, 0.2) is 53.5 Å². The monoisotopic (exact) mass is 340 g/mol. The van der Waals surface area contributed by atoms with Crippen LogP contribution in [-0.4, -0.2) is 18.3 Å². The van der Waals surface area contributed by atoms with Crippen molar-refractivity contribution in [3.8, 4) is 0 Å². The maximum absolute atomic E-state index is 12.7. The van der Waals surface area contributed by atoms with E-state index in [9.17, 15) is 13.6 Å². The molecule has 7 heteroatoms. The van der Waals surface area contributed by atoms with Gasteiger partial charge in [0.05, 0.1) is 23.2 Å². The number of hydrogen-bond acceptors (Lipinski definition) is 4. The molecule has 4 rings (SSSR count). The summed E-state index contributed by atoms with van der Waals surface area (Å²) in [4.78, 5) is 17.0. The smallest absolute Gasteiger partial charge is 0.278 e. The molecular formula is C17H14N3O3S-. The highest BCUT2D eigenvalue weighted by Gasteiger charge is 2.21. The predicted octanol–water partition coefficient (Wildman–Crippen LogP) is 2.27. The summed E-state index contributed by atoms with van der Waals surface area (Å²) in [6.45, 7) is 0.573. The lowest BCUT2D eigenvalue weighted by molar-refractivity contribution is 0.537. The van der Waals surface area contributed by atoms with Gasteiger partial charge < -0.3 is 4.55 Å². The van der Waals surface area contributed by atoms with Gasteiger partial charge in [0.15, 0.2) is 0 Å². The molecule has 0 bridgehead atoms. The second-order valence-corrected chi connectivity index (χ2v) is 6.43. The molecule has 3 aromatic rings. The van der Waals surface area contributed by atoms with Gasteiger partial charge in [-0.25, -0.2) is 4.98 Å². The van der Waals surface area contributed by atoms with Crippen LogP contribution in [0.5, 0.6) is 0 Å². The molecule has 2 heterocycles. The number of hydrogen-bond donors (Lipinski definition) is 0. The number of aromatic nitrogens is 2. The summed E-state index contributed by atoms with van der Waals surface area (Å²) in [6.07, 6.45) is 2.95. The molecule has 0 amide bonds. The fraction of sp³-hybridized carbons (Fsp3) is 0.176. The van der Waals surface area contributed by atoms with Gasteiger partial charge in [0, 0.05) is 18.4 Å². The predicted molar refractivity (Wildman–Crippen MR) is 91.8 cm³/mol. The van der Waals surface area contributed by atoms with Crippen molar-refractivity contribution >= 4 is 33.4 Å². The van der Waals surface area contributed by atoms with E-state index in [1.807, 2.05) is 30.3 Å². The van der Waals surface area contributed by atoms with E-state index in [2.05, 4.69) is 4.98 Å². The Balaban J connectivity index is 1.96. The van der Waals surface area contributed by atoms with Crippen LogP contribution in [-0.2, 0) is 24.2 Å². The van der Waals surface area contributed by atoms with Crippen molar-refractivity contribution in [3.63, 3.8) is 0 Å². The zero-order valence-corrected chi connectivity index (χ0v) is 13.5. The fourth-order valence-corrected chi connectivity index (χ4v) is 3.76. The molecule has 0 saturated carbocycles. The first-order valence-electron chi connectivity index (χ1n) is 7.63. The molecule has 0 saturated heterocycles. The highest BCUT2D eigenvalue weighted by Crippen LogP contribution is 2.31. The van der Waals surface area contributed by atoms with Crippen LogP contribution in [0.3, 0.4) is 0 Å². The third-order valence-corrected chi connectivity index (χ3v) is 4.94. The van der Waals surface area contributed by atoms with E-state index in [4.69, 9.17) is 0 Å². The molecule has 1 aliphatic heterocycles. The first-order chi connectivity index (χ1) is 11.7. The minimum Gasteiger partial charge on any atom is -0.755 e. The highest BCUT2D eigenvalue weighted by atomic mass is 32.2. The van der Waals surface area contributed by atoms with Gasteiger partial charge in [0.1, 0.15) is 11.5 Å². The van der Waals surface area contributed by atoms with Crippen LogP contribution in [0.1, 0.15) is 12.2 Å². The van der Waals surface area contributed by atoms with E-state index in [1.165, 1.54) is 6.20 Å². The van der Waals surface area contributed by atoms with Gasteiger partial charge in [-0.3, -0.25) is 17.9 Å². The van der Waals surface area contributed by atoms with Gasteiger partial charge in [0.2, 0.25) is 0 Å². The van der Waals surface area contributed by atoms with Crippen LogP contribution in [0.25, 0.3) is 10.8 Å². The molecule has 122 valence electrons. The van der Waals surface area contributed by atoms with Crippen molar-refractivity contribution in [2.24, 2.45) is 0 Å². The topological polar surface area (TPSA) is 78.3 Å². The Morgan fingerprint density at radius 3 is 2.75 bits per heavy atom. The number of nitrogens with zero attached hydrogens (tertiary/aromatic N) is 3. The molecule has 1 atom stereocenters. The van der Waals surface area contributed by atoms with Crippen molar-refractivity contribution in [2.45, 2.75) is 19.4 Å². The minimum atomic E-state index is -2.64. The first-order valence-corrected chi connectivity index (χ1v) is 8.66. The van der Waals surface area contributed by atoms with Crippen molar-refractivity contribution in [3.05, 3.63) is 64.8 Å². The minimum absolute atomic E-state index is 0.0466. The Kier molecular flexibility index (Phi) is 3.66. The first kappa shape index (κ1) is 15.0. The molecule has 6 nitrogen and oxygen atoms in total. The molecule has 0 N–H and O–H groups in total. The number of anilines is 2. The number of fused-ring (bicyclic) bond motifs is 2. The van der Waals surface area contributed by atoms with Gasteiger partial charge in [-0.2, -0.15) is 0 Å². The molecule has 1 aliphatic rings. The Morgan fingerprint density at radius 1 is 1.12 bits per heavy atom. The Bertz CT molecular complexity index is 1010. The summed E-state index contributed by atoms with van der Waals surface area (Å²) in [6, 6.07) is 12.8. The molecule has 0 aliphatic carbocycles. The molecule has 0 spiro atoms. The maximum Gasteiger partial charge on any atom is 0.278 e. The fourth-order valence-electron chi connectivity index (χ4n) is 3.16. The van der Waals surface area contributed by atoms with E-state index in [1.54, 1.807) is 16.7 Å². The average Bonchev–Trinajstić information content (AvgIpc) is 3.07. The van der Waals surface area contributed by atoms with Gasteiger partial charge >= 0.3 is 0 Å². The average molecular weight is 340 g/mol. The summed E-state index contributed by atoms with van der Waals surface area (Å²) < 4.78 is 26.5. The van der Waals surface area contributed by atoms with Crippen molar-refractivity contribution in [1.82, 2.24) is 9.55 Å². The second kappa shape index (κ2) is 5.85. The highest BCUT2D eigenvalue weighted by molar-refractivity contribution is 7.81. The summed E-state index contributed by atoms with van der Waals surface area (Å²) in [5.41, 5.74) is 0.166. The standard InChI is InChI=1S/C17H15N3O3S/c21-17-15(11-18-16-9-4-10-19(16)17)20(24(22)23)14-8-3-6-12-5-1-2-7-13(12)14/h1-3,5-8,11H,4,9-10H2,(H,22,23)/p-1. The van der Waals surface area contributed by atoms with E-state index in [-0.39, 0.29) is 11.2 Å². The molecule has 1 unspecified atom stereocenters. The zero-order chi connectivity index (χ0) is 16.7. The summed E-state index contributed by atoms with van der Waals surface area (Å²) >= 11 is -2.64.